The van der Waals surface area contributed by atoms with Crippen molar-refractivity contribution in [1.29, 1.82) is 0 Å². The third-order valence-electron chi connectivity index (χ3n) is 5.54. The lowest BCUT2D eigenvalue weighted by molar-refractivity contribution is -0.148. The Bertz CT molecular complexity index is 860. The first kappa shape index (κ1) is 18.5. The number of hydrogen-bond donors (Lipinski definition) is 0. The molecule has 28 heavy (non-hydrogen) atoms. The van der Waals surface area contributed by atoms with E-state index in [0.29, 0.717) is 18.7 Å². The molecule has 2 aromatic carbocycles. The molecule has 0 bridgehead atoms. The summed E-state index contributed by atoms with van der Waals surface area (Å²) in [7, 11) is 0. The Hall–Kier alpha value is -2.89. The van der Waals surface area contributed by atoms with Crippen LogP contribution in [0, 0.1) is 23.6 Å². The summed E-state index contributed by atoms with van der Waals surface area (Å²) in [6.45, 7) is 2.73. The zero-order valence-electron chi connectivity index (χ0n) is 15.6. The minimum Gasteiger partial charge on any atom is -0.457 e. The van der Waals surface area contributed by atoms with Crippen molar-refractivity contribution >= 4 is 12.1 Å². The Kier molecular flexibility index (Phi) is 5.03. The quantitative estimate of drug-likeness (QED) is 0.734. The van der Waals surface area contributed by atoms with Crippen molar-refractivity contribution in [2.75, 3.05) is 13.1 Å². The molecular weight excluding hydrogens is 361 g/mol. The molecule has 1 saturated carbocycles. The molecule has 0 N–H and O–H groups in total. The molecule has 5 nitrogen and oxygen atoms in total. The fourth-order valence-electron chi connectivity index (χ4n) is 4.21. The molecule has 1 aliphatic heterocycles. The molecule has 1 heterocycles. The van der Waals surface area contributed by atoms with Crippen LogP contribution in [0.5, 0.6) is 0 Å². The minimum absolute atomic E-state index is 0.101. The number of ether oxygens (including phenoxy) is 2. The molecule has 1 saturated heterocycles. The molecule has 6 heteroatoms. The SMILES string of the molecule is CC(=O)OC(c1cccc(F)c1)C1C2CN(C(=O)OCc3ccccc3)CC21. The number of carbonyl (C=O) groups is 2. The first-order valence-electron chi connectivity index (χ1n) is 9.41. The highest BCUT2D eigenvalue weighted by molar-refractivity contribution is 5.69. The van der Waals surface area contributed by atoms with Gasteiger partial charge < -0.3 is 14.4 Å². The number of benzene rings is 2. The number of rotatable bonds is 5. The number of hydrogen-bond acceptors (Lipinski definition) is 4. The Morgan fingerprint density at radius 3 is 2.46 bits per heavy atom. The maximum Gasteiger partial charge on any atom is 0.410 e. The molecule has 3 atom stereocenters. The second kappa shape index (κ2) is 7.62. The molecular formula is C22H22FNO4. The average Bonchev–Trinajstić information content (AvgIpc) is 3.16. The number of piperidine rings is 1. The number of fused-ring (bicyclic) bond motifs is 1. The van der Waals surface area contributed by atoms with E-state index < -0.39 is 12.1 Å². The summed E-state index contributed by atoms with van der Waals surface area (Å²) in [5, 5.41) is 0. The van der Waals surface area contributed by atoms with Crippen molar-refractivity contribution in [2.24, 2.45) is 17.8 Å². The zero-order chi connectivity index (χ0) is 19.7. The largest absolute Gasteiger partial charge is 0.457 e. The lowest BCUT2D eigenvalue weighted by Crippen LogP contribution is -2.33. The molecule has 1 aliphatic carbocycles. The van der Waals surface area contributed by atoms with Gasteiger partial charge >= 0.3 is 12.1 Å². The predicted molar refractivity (Wildman–Crippen MR) is 99.6 cm³/mol. The van der Waals surface area contributed by atoms with Gasteiger partial charge in [-0.3, -0.25) is 4.79 Å². The van der Waals surface area contributed by atoms with Crippen LogP contribution in [0.4, 0.5) is 9.18 Å². The van der Waals surface area contributed by atoms with Crippen molar-refractivity contribution < 1.29 is 23.5 Å². The van der Waals surface area contributed by atoms with E-state index in [9.17, 15) is 14.0 Å². The molecule has 2 fully saturated rings. The van der Waals surface area contributed by atoms with Crippen LogP contribution in [0.15, 0.2) is 54.6 Å². The van der Waals surface area contributed by atoms with Gasteiger partial charge in [-0.2, -0.15) is 0 Å². The summed E-state index contributed by atoms with van der Waals surface area (Å²) in [6, 6.07) is 15.7. The summed E-state index contributed by atoms with van der Waals surface area (Å²) < 4.78 is 24.5. The minimum atomic E-state index is -0.481. The van der Waals surface area contributed by atoms with E-state index in [2.05, 4.69) is 0 Å². The van der Waals surface area contributed by atoms with Gasteiger partial charge in [0.15, 0.2) is 0 Å². The average molecular weight is 383 g/mol. The standard InChI is InChI=1S/C22H22FNO4/c1-14(25)28-21(16-8-5-9-17(23)10-16)20-18-11-24(12-19(18)20)22(26)27-13-15-6-3-2-4-7-15/h2-10,18-21H,11-13H2,1H3. The molecule has 146 valence electrons. The summed E-state index contributed by atoms with van der Waals surface area (Å²) in [6.07, 6.45) is -0.810. The van der Waals surface area contributed by atoms with Crippen molar-refractivity contribution in [3.63, 3.8) is 0 Å². The summed E-state index contributed by atoms with van der Waals surface area (Å²) in [4.78, 5) is 25.6. The van der Waals surface area contributed by atoms with E-state index in [1.165, 1.54) is 19.1 Å². The van der Waals surface area contributed by atoms with Crippen molar-refractivity contribution in [3.05, 3.63) is 71.5 Å². The summed E-state index contributed by atoms with van der Waals surface area (Å²) in [5.41, 5.74) is 1.60. The molecule has 1 amide bonds. The number of esters is 1. The zero-order valence-corrected chi connectivity index (χ0v) is 15.6. The van der Waals surface area contributed by atoms with Crippen molar-refractivity contribution in [3.8, 4) is 0 Å². The van der Waals surface area contributed by atoms with Crippen LogP contribution in [0.2, 0.25) is 0 Å². The van der Waals surface area contributed by atoms with Crippen molar-refractivity contribution in [2.45, 2.75) is 19.6 Å². The van der Waals surface area contributed by atoms with E-state index in [1.54, 1.807) is 17.0 Å². The summed E-state index contributed by atoms with van der Waals surface area (Å²) >= 11 is 0. The van der Waals surface area contributed by atoms with Gasteiger partial charge in [0.25, 0.3) is 0 Å². The lowest BCUT2D eigenvalue weighted by atomic mass is 10.0. The number of nitrogens with zero attached hydrogens (tertiary/aromatic N) is 1. The Morgan fingerprint density at radius 2 is 1.82 bits per heavy atom. The van der Waals surface area contributed by atoms with Crippen LogP contribution in [0.25, 0.3) is 0 Å². The van der Waals surface area contributed by atoms with Crippen LogP contribution in [0.3, 0.4) is 0 Å². The van der Waals surface area contributed by atoms with Crippen LogP contribution < -0.4 is 0 Å². The first-order valence-corrected chi connectivity index (χ1v) is 9.41. The first-order chi connectivity index (χ1) is 13.5. The highest BCUT2D eigenvalue weighted by Gasteiger charge is 2.61. The molecule has 4 rings (SSSR count). The smallest absolute Gasteiger partial charge is 0.410 e. The number of halogens is 1. The van der Waals surface area contributed by atoms with E-state index in [4.69, 9.17) is 9.47 Å². The third kappa shape index (κ3) is 3.86. The van der Waals surface area contributed by atoms with Crippen LogP contribution in [-0.4, -0.2) is 30.1 Å². The van der Waals surface area contributed by atoms with Gasteiger partial charge in [0.1, 0.15) is 18.5 Å². The molecule has 0 radical (unpaired) electrons. The topological polar surface area (TPSA) is 55.8 Å². The normalized spacial score (nSPS) is 23.6. The second-order valence-electron chi connectivity index (χ2n) is 7.44. The van der Waals surface area contributed by atoms with Gasteiger partial charge in [-0.05, 0) is 35.1 Å². The van der Waals surface area contributed by atoms with Gasteiger partial charge in [-0.1, -0.05) is 42.5 Å². The number of likely N-dealkylation sites (tertiary alicyclic amines) is 1. The van der Waals surface area contributed by atoms with Crippen LogP contribution in [-0.2, 0) is 20.9 Å². The Morgan fingerprint density at radius 1 is 1.11 bits per heavy atom. The lowest BCUT2D eigenvalue weighted by Gasteiger charge is -2.24. The maximum absolute atomic E-state index is 13.6. The Labute approximate surface area is 163 Å². The molecule has 2 aliphatic rings. The van der Waals surface area contributed by atoms with Crippen LogP contribution in [0.1, 0.15) is 24.2 Å². The van der Waals surface area contributed by atoms with E-state index in [1.807, 2.05) is 30.3 Å². The molecule has 3 unspecified atom stereocenters. The monoisotopic (exact) mass is 383 g/mol. The van der Waals surface area contributed by atoms with Gasteiger partial charge in [0.2, 0.25) is 0 Å². The predicted octanol–water partition coefficient (Wildman–Crippen LogP) is 3.94. The number of carbonyl (C=O) groups excluding carboxylic acids is 2. The molecule has 0 spiro atoms. The molecule has 0 aromatic heterocycles. The Balaban J connectivity index is 1.36. The van der Waals surface area contributed by atoms with E-state index >= 15 is 0 Å². The molecule has 2 aromatic rings. The van der Waals surface area contributed by atoms with E-state index in [-0.39, 0.29) is 36.3 Å². The fraction of sp³-hybridized carbons (Fsp3) is 0.364. The fourth-order valence-corrected chi connectivity index (χ4v) is 4.21. The highest BCUT2D eigenvalue weighted by Crippen LogP contribution is 2.58. The highest BCUT2D eigenvalue weighted by atomic mass is 19.1. The van der Waals surface area contributed by atoms with Gasteiger partial charge in [0.05, 0.1) is 0 Å². The van der Waals surface area contributed by atoms with E-state index in [0.717, 1.165) is 5.56 Å². The second-order valence-corrected chi connectivity index (χ2v) is 7.44. The van der Waals surface area contributed by atoms with Crippen LogP contribution >= 0.6 is 0 Å². The van der Waals surface area contributed by atoms with Gasteiger partial charge in [-0.15, -0.1) is 0 Å². The maximum atomic E-state index is 13.6. The van der Waals surface area contributed by atoms with Gasteiger partial charge in [0, 0.05) is 25.9 Å². The number of amides is 1. The third-order valence-corrected chi connectivity index (χ3v) is 5.54. The summed E-state index contributed by atoms with van der Waals surface area (Å²) in [5.74, 6) is -0.178. The van der Waals surface area contributed by atoms with Crippen molar-refractivity contribution in [1.82, 2.24) is 4.90 Å². The van der Waals surface area contributed by atoms with Gasteiger partial charge in [-0.25, -0.2) is 9.18 Å².